The SMILES string of the molecule is O=C(CCc1nc2ccccc2[nH]1)Nc1ccc(Br)cc1F. The summed E-state index contributed by atoms with van der Waals surface area (Å²) < 4.78 is 14.3. The number of para-hydroxylation sites is 2. The van der Waals surface area contributed by atoms with E-state index in [4.69, 9.17) is 0 Å². The van der Waals surface area contributed by atoms with Crippen LogP contribution in [0.5, 0.6) is 0 Å². The maximum Gasteiger partial charge on any atom is 0.224 e. The molecule has 1 heterocycles. The Morgan fingerprint density at radius 3 is 2.86 bits per heavy atom. The number of H-pyrrole nitrogens is 1. The van der Waals surface area contributed by atoms with E-state index in [-0.39, 0.29) is 18.0 Å². The number of aryl methyl sites for hydroxylation is 1. The van der Waals surface area contributed by atoms with E-state index in [1.165, 1.54) is 12.1 Å². The van der Waals surface area contributed by atoms with Crippen LogP contribution in [0.3, 0.4) is 0 Å². The fourth-order valence-corrected chi connectivity index (χ4v) is 2.49. The summed E-state index contributed by atoms with van der Waals surface area (Å²) in [5, 5.41) is 2.56. The van der Waals surface area contributed by atoms with Gasteiger partial charge in [0.2, 0.25) is 5.91 Å². The third-order valence-corrected chi connectivity index (χ3v) is 3.73. The number of nitrogens with one attached hydrogen (secondary N) is 2. The zero-order chi connectivity index (χ0) is 15.5. The third-order valence-electron chi connectivity index (χ3n) is 3.23. The number of anilines is 1. The Morgan fingerprint density at radius 2 is 2.09 bits per heavy atom. The molecule has 0 saturated heterocycles. The molecule has 3 rings (SSSR count). The summed E-state index contributed by atoms with van der Waals surface area (Å²) in [5.74, 6) is 0.0285. The van der Waals surface area contributed by atoms with E-state index in [2.05, 4.69) is 31.2 Å². The minimum absolute atomic E-state index is 0.179. The van der Waals surface area contributed by atoms with Crippen LogP contribution in [0.25, 0.3) is 11.0 Å². The van der Waals surface area contributed by atoms with Gasteiger partial charge in [0.05, 0.1) is 16.7 Å². The van der Waals surface area contributed by atoms with Crippen LogP contribution >= 0.6 is 15.9 Å². The number of nitrogens with zero attached hydrogens (tertiary/aromatic N) is 1. The molecule has 0 radical (unpaired) electrons. The fourth-order valence-electron chi connectivity index (χ4n) is 2.16. The number of amides is 1. The highest BCUT2D eigenvalue weighted by Crippen LogP contribution is 2.19. The molecule has 0 bridgehead atoms. The summed E-state index contributed by atoms with van der Waals surface area (Å²) in [5.41, 5.74) is 1.99. The molecular weight excluding hydrogens is 349 g/mol. The summed E-state index contributed by atoms with van der Waals surface area (Å²) in [6, 6.07) is 12.2. The Balaban J connectivity index is 1.62. The molecule has 0 aliphatic rings. The smallest absolute Gasteiger partial charge is 0.224 e. The molecule has 0 fully saturated rings. The lowest BCUT2D eigenvalue weighted by Crippen LogP contribution is -2.13. The molecule has 0 aliphatic heterocycles. The second kappa shape index (κ2) is 6.27. The van der Waals surface area contributed by atoms with Crippen molar-refractivity contribution in [2.75, 3.05) is 5.32 Å². The van der Waals surface area contributed by atoms with Crippen molar-refractivity contribution < 1.29 is 9.18 Å². The number of benzene rings is 2. The van der Waals surface area contributed by atoms with Crippen molar-refractivity contribution in [3.05, 3.63) is 58.6 Å². The molecule has 1 aromatic heterocycles. The fraction of sp³-hybridized carbons (Fsp3) is 0.125. The Morgan fingerprint density at radius 1 is 1.27 bits per heavy atom. The number of imidazole rings is 1. The molecule has 3 aromatic rings. The van der Waals surface area contributed by atoms with Crippen molar-refractivity contribution in [3.63, 3.8) is 0 Å². The molecule has 2 N–H and O–H groups in total. The van der Waals surface area contributed by atoms with Crippen molar-refractivity contribution >= 4 is 38.6 Å². The number of rotatable bonds is 4. The van der Waals surface area contributed by atoms with E-state index in [1.807, 2.05) is 24.3 Å². The standard InChI is InChI=1S/C16H13BrFN3O/c17-10-5-6-12(11(18)9-10)21-16(22)8-7-15-19-13-3-1-2-4-14(13)20-15/h1-6,9H,7-8H2,(H,19,20)(H,21,22). The third kappa shape index (κ3) is 3.33. The minimum Gasteiger partial charge on any atom is -0.342 e. The Hall–Kier alpha value is -2.21. The lowest BCUT2D eigenvalue weighted by Gasteiger charge is -2.06. The van der Waals surface area contributed by atoms with Gasteiger partial charge in [0, 0.05) is 17.3 Å². The average Bonchev–Trinajstić information content (AvgIpc) is 2.91. The number of hydrogen-bond donors (Lipinski definition) is 2. The Bertz CT molecular complexity index is 798. The van der Waals surface area contributed by atoms with Crippen molar-refractivity contribution in [2.24, 2.45) is 0 Å². The van der Waals surface area contributed by atoms with Crippen LogP contribution in [-0.4, -0.2) is 15.9 Å². The number of fused-ring (bicyclic) bond motifs is 1. The topological polar surface area (TPSA) is 57.8 Å². The normalized spacial score (nSPS) is 10.8. The molecular formula is C16H13BrFN3O. The summed E-state index contributed by atoms with van der Waals surface area (Å²) in [6.07, 6.45) is 0.702. The first kappa shape index (κ1) is 14.7. The van der Waals surface area contributed by atoms with Crippen LogP contribution in [-0.2, 0) is 11.2 Å². The van der Waals surface area contributed by atoms with Crippen LogP contribution in [0.2, 0.25) is 0 Å². The van der Waals surface area contributed by atoms with Gasteiger partial charge in [-0.2, -0.15) is 0 Å². The largest absolute Gasteiger partial charge is 0.342 e. The molecule has 1 amide bonds. The first-order valence-electron chi connectivity index (χ1n) is 6.80. The van der Waals surface area contributed by atoms with Crippen LogP contribution < -0.4 is 5.32 Å². The van der Waals surface area contributed by atoms with Gasteiger partial charge in [0.1, 0.15) is 11.6 Å². The van der Waals surface area contributed by atoms with Crippen LogP contribution in [0.15, 0.2) is 46.9 Å². The van der Waals surface area contributed by atoms with Gasteiger partial charge in [-0.3, -0.25) is 4.79 Å². The highest BCUT2D eigenvalue weighted by Gasteiger charge is 2.09. The highest BCUT2D eigenvalue weighted by molar-refractivity contribution is 9.10. The number of carbonyl (C=O) groups excluding carboxylic acids is 1. The number of halogens is 2. The maximum absolute atomic E-state index is 13.7. The van der Waals surface area contributed by atoms with Crippen molar-refractivity contribution in [1.82, 2.24) is 9.97 Å². The summed E-state index contributed by atoms with van der Waals surface area (Å²) in [6.45, 7) is 0. The number of aromatic nitrogens is 2. The van der Waals surface area contributed by atoms with E-state index in [0.29, 0.717) is 10.9 Å². The molecule has 2 aromatic carbocycles. The van der Waals surface area contributed by atoms with Crippen LogP contribution in [0.1, 0.15) is 12.2 Å². The Labute approximate surface area is 134 Å². The quantitative estimate of drug-likeness (QED) is 0.736. The van der Waals surface area contributed by atoms with E-state index in [1.54, 1.807) is 6.07 Å². The lowest BCUT2D eigenvalue weighted by molar-refractivity contribution is -0.116. The Kier molecular flexibility index (Phi) is 4.20. The van der Waals surface area contributed by atoms with Gasteiger partial charge in [0.25, 0.3) is 0 Å². The lowest BCUT2D eigenvalue weighted by atomic mass is 10.2. The zero-order valence-corrected chi connectivity index (χ0v) is 13.2. The van der Waals surface area contributed by atoms with Gasteiger partial charge in [-0.1, -0.05) is 28.1 Å². The van der Waals surface area contributed by atoms with Crippen molar-refractivity contribution in [2.45, 2.75) is 12.8 Å². The first-order chi connectivity index (χ1) is 10.6. The maximum atomic E-state index is 13.7. The molecule has 112 valence electrons. The highest BCUT2D eigenvalue weighted by atomic mass is 79.9. The number of hydrogen-bond acceptors (Lipinski definition) is 2. The van der Waals surface area contributed by atoms with Crippen LogP contribution in [0, 0.1) is 5.82 Å². The van der Waals surface area contributed by atoms with Crippen molar-refractivity contribution in [1.29, 1.82) is 0 Å². The summed E-state index contributed by atoms with van der Waals surface area (Å²) >= 11 is 3.18. The van der Waals surface area contributed by atoms with Gasteiger partial charge >= 0.3 is 0 Å². The number of aromatic amines is 1. The van der Waals surface area contributed by atoms with E-state index >= 15 is 0 Å². The van der Waals surface area contributed by atoms with Crippen LogP contribution in [0.4, 0.5) is 10.1 Å². The number of carbonyl (C=O) groups is 1. The van der Waals surface area contributed by atoms with Gasteiger partial charge in [-0.05, 0) is 30.3 Å². The molecule has 4 nitrogen and oxygen atoms in total. The van der Waals surface area contributed by atoms with E-state index < -0.39 is 5.82 Å². The minimum atomic E-state index is -0.466. The predicted octanol–water partition coefficient (Wildman–Crippen LogP) is 4.04. The van der Waals surface area contributed by atoms with Gasteiger partial charge in [-0.25, -0.2) is 9.37 Å². The molecule has 6 heteroatoms. The molecule has 0 unspecified atom stereocenters. The second-order valence-corrected chi connectivity index (χ2v) is 5.79. The van der Waals surface area contributed by atoms with E-state index in [9.17, 15) is 9.18 Å². The van der Waals surface area contributed by atoms with Crippen molar-refractivity contribution in [3.8, 4) is 0 Å². The van der Waals surface area contributed by atoms with E-state index in [0.717, 1.165) is 16.9 Å². The first-order valence-corrected chi connectivity index (χ1v) is 7.59. The predicted molar refractivity (Wildman–Crippen MR) is 87.1 cm³/mol. The zero-order valence-electron chi connectivity index (χ0n) is 11.6. The van der Waals surface area contributed by atoms with Gasteiger partial charge < -0.3 is 10.3 Å². The molecule has 22 heavy (non-hydrogen) atoms. The summed E-state index contributed by atoms with van der Waals surface area (Å²) in [4.78, 5) is 19.5. The molecule has 0 atom stereocenters. The second-order valence-electron chi connectivity index (χ2n) is 4.87. The van der Waals surface area contributed by atoms with Gasteiger partial charge in [-0.15, -0.1) is 0 Å². The average molecular weight is 362 g/mol. The molecule has 0 saturated carbocycles. The summed E-state index contributed by atoms with van der Waals surface area (Å²) in [7, 11) is 0. The monoisotopic (exact) mass is 361 g/mol. The molecule has 0 spiro atoms. The van der Waals surface area contributed by atoms with Gasteiger partial charge in [0.15, 0.2) is 0 Å². The molecule has 0 aliphatic carbocycles.